The lowest BCUT2D eigenvalue weighted by Gasteiger charge is -2.27. The van der Waals surface area contributed by atoms with Gasteiger partial charge in [0.2, 0.25) is 0 Å². The molecule has 0 fully saturated rings. The van der Waals surface area contributed by atoms with Gasteiger partial charge in [0.25, 0.3) is 0 Å². The molecule has 0 unspecified atom stereocenters. The zero-order chi connectivity index (χ0) is 14.5. The highest BCUT2D eigenvalue weighted by atomic mass is 16.6. The molecule has 1 aromatic rings. The Bertz CT molecular complexity index is 472. The van der Waals surface area contributed by atoms with Gasteiger partial charge in [-0.25, -0.2) is 0 Å². The van der Waals surface area contributed by atoms with Crippen LogP contribution in [0.25, 0.3) is 0 Å². The van der Waals surface area contributed by atoms with Crippen LogP contribution < -0.4 is 5.32 Å². The van der Waals surface area contributed by atoms with E-state index in [9.17, 15) is 20.0 Å². The molecule has 7 heteroatoms. The molecule has 7 nitrogen and oxygen atoms in total. The number of aliphatic carboxylic acids is 1. The molecule has 1 rings (SSSR count). The number of anilines is 1. The van der Waals surface area contributed by atoms with E-state index < -0.39 is 16.3 Å². The maximum Gasteiger partial charge on any atom is 0.311 e. The van der Waals surface area contributed by atoms with Gasteiger partial charge in [-0.1, -0.05) is 13.8 Å². The summed E-state index contributed by atoms with van der Waals surface area (Å²) in [6.45, 7) is 3.72. The lowest BCUT2D eigenvalue weighted by Crippen LogP contribution is -2.37. The quantitative estimate of drug-likeness (QED) is 0.580. The van der Waals surface area contributed by atoms with Crippen molar-refractivity contribution < 1.29 is 14.8 Å². The first-order chi connectivity index (χ1) is 8.96. The first-order valence-electron chi connectivity index (χ1n) is 6.02. The van der Waals surface area contributed by atoms with Gasteiger partial charge in [-0.05, 0) is 18.9 Å². The minimum absolute atomic E-state index is 0.139. The smallest absolute Gasteiger partial charge is 0.311 e. The van der Waals surface area contributed by atoms with Gasteiger partial charge in [0.05, 0.1) is 10.3 Å². The zero-order valence-electron chi connectivity index (χ0n) is 10.9. The van der Waals surface area contributed by atoms with Gasteiger partial charge in [0.1, 0.15) is 11.9 Å². The highest BCUT2D eigenvalue weighted by molar-refractivity contribution is 5.75. The summed E-state index contributed by atoms with van der Waals surface area (Å²) in [4.78, 5) is 25.3. The van der Waals surface area contributed by atoms with E-state index in [-0.39, 0.29) is 17.9 Å². The summed E-state index contributed by atoms with van der Waals surface area (Å²) in [7, 11) is 0. The largest absolute Gasteiger partial charge is 0.481 e. The fourth-order valence-corrected chi connectivity index (χ4v) is 1.82. The number of pyridine rings is 1. The fraction of sp³-hybridized carbons (Fsp3) is 0.500. The number of hydrogen-bond acceptors (Lipinski definition) is 5. The van der Waals surface area contributed by atoms with Crippen LogP contribution in [0.2, 0.25) is 0 Å². The molecule has 1 heterocycles. The number of carboxylic acids is 1. The first kappa shape index (κ1) is 14.9. The summed E-state index contributed by atoms with van der Waals surface area (Å²) in [5, 5.41) is 23.0. The van der Waals surface area contributed by atoms with Crippen molar-refractivity contribution in [1.29, 1.82) is 0 Å². The van der Waals surface area contributed by atoms with Crippen molar-refractivity contribution in [2.45, 2.75) is 26.7 Å². The maximum absolute atomic E-state index is 11.3. The molecule has 1 aromatic heterocycles. The Morgan fingerprint density at radius 2 is 2.16 bits per heavy atom. The Hall–Kier alpha value is -2.18. The van der Waals surface area contributed by atoms with Crippen molar-refractivity contribution in [3.63, 3.8) is 0 Å². The summed E-state index contributed by atoms with van der Waals surface area (Å²) >= 11 is 0. The second kappa shape index (κ2) is 6.12. The van der Waals surface area contributed by atoms with E-state index in [4.69, 9.17) is 0 Å². The Labute approximate surface area is 110 Å². The van der Waals surface area contributed by atoms with Crippen LogP contribution >= 0.6 is 0 Å². The molecule has 19 heavy (non-hydrogen) atoms. The predicted molar refractivity (Wildman–Crippen MR) is 70.0 cm³/mol. The van der Waals surface area contributed by atoms with Crippen molar-refractivity contribution >= 4 is 17.3 Å². The molecule has 0 aliphatic carbocycles. The summed E-state index contributed by atoms with van der Waals surface area (Å²) in [6.07, 6.45) is 3.47. The van der Waals surface area contributed by atoms with Gasteiger partial charge in [-0.2, -0.15) is 0 Å². The third kappa shape index (κ3) is 3.18. The maximum atomic E-state index is 11.3. The lowest BCUT2D eigenvalue weighted by molar-refractivity contribution is -0.384. The van der Waals surface area contributed by atoms with Crippen LogP contribution in [0, 0.1) is 15.5 Å². The van der Waals surface area contributed by atoms with E-state index in [0.29, 0.717) is 12.8 Å². The van der Waals surface area contributed by atoms with Crippen LogP contribution in [0.1, 0.15) is 26.7 Å². The second-order valence-electron chi connectivity index (χ2n) is 4.30. The van der Waals surface area contributed by atoms with Crippen LogP contribution in [-0.4, -0.2) is 27.5 Å². The van der Waals surface area contributed by atoms with Crippen LogP contribution in [-0.2, 0) is 4.79 Å². The molecular formula is C12H17N3O4. The Morgan fingerprint density at radius 3 is 2.63 bits per heavy atom. The molecule has 0 aromatic carbocycles. The number of carbonyl (C=O) groups is 1. The van der Waals surface area contributed by atoms with Gasteiger partial charge in [0, 0.05) is 12.7 Å². The van der Waals surface area contributed by atoms with Gasteiger partial charge >= 0.3 is 11.7 Å². The minimum atomic E-state index is -0.920. The van der Waals surface area contributed by atoms with E-state index in [1.165, 1.54) is 12.3 Å². The number of nitrogens with zero attached hydrogens (tertiary/aromatic N) is 2. The van der Waals surface area contributed by atoms with E-state index in [2.05, 4.69) is 10.3 Å². The van der Waals surface area contributed by atoms with E-state index in [1.807, 2.05) is 0 Å². The molecule has 0 saturated carbocycles. The number of carboxylic acid groups (broad SMARTS) is 1. The summed E-state index contributed by atoms with van der Waals surface area (Å²) in [5.74, 6) is -0.901. The van der Waals surface area contributed by atoms with Gasteiger partial charge in [0.15, 0.2) is 0 Å². The van der Waals surface area contributed by atoms with Gasteiger partial charge < -0.3 is 10.4 Å². The first-order valence-corrected chi connectivity index (χ1v) is 6.02. The Morgan fingerprint density at radius 1 is 1.53 bits per heavy atom. The van der Waals surface area contributed by atoms with Crippen molar-refractivity contribution in [3.05, 3.63) is 28.6 Å². The number of nitrogens with one attached hydrogen (secondary N) is 1. The standard InChI is InChI=1S/C12H17N3O4/c1-3-12(4-2,11(16)17)8-14-9-5-6-13-7-10(9)15(18)19/h5-7H,3-4,8H2,1-2H3,(H,13,14)(H,16,17). The normalized spacial score (nSPS) is 11.1. The summed E-state index contributed by atoms with van der Waals surface area (Å²) in [5.41, 5.74) is -0.793. The van der Waals surface area contributed by atoms with E-state index in [0.717, 1.165) is 6.20 Å². The van der Waals surface area contributed by atoms with Crippen LogP contribution in [0.3, 0.4) is 0 Å². The van der Waals surface area contributed by atoms with Crippen molar-refractivity contribution in [2.75, 3.05) is 11.9 Å². The Balaban J connectivity index is 2.92. The highest BCUT2D eigenvalue weighted by Crippen LogP contribution is 2.29. The molecule has 0 amide bonds. The lowest BCUT2D eigenvalue weighted by atomic mass is 9.82. The van der Waals surface area contributed by atoms with Crippen molar-refractivity contribution in [1.82, 2.24) is 4.98 Å². The van der Waals surface area contributed by atoms with Crippen molar-refractivity contribution in [3.8, 4) is 0 Å². The number of nitro groups is 1. The monoisotopic (exact) mass is 267 g/mol. The summed E-state index contributed by atoms with van der Waals surface area (Å²) < 4.78 is 0. The predicted octanol–water partition coefficient (Wildman–Crippen LogP) is 2.29. The molecule has 0 atom stereocenters. The number of rotatable bonds is 7. The zero-order valence-corrected chi connectivity index (χ0v) is 10.9. The Kier molecular flexibility index (Phi) is 4.80. The molecule has 104 valence electrons. The van der Waals surface area contributed by atoms with Gasteiger partial charge in [-0.15, -0.1) is 0 Å². The van der Waals surface area contributed by atoms with Crippen LogP contribution in [0.4, 0.5) is 11.4 Å². The molecule has 2 N–H and O–H groups in total. The topological polar surface area (TPSA) is 105 Å². The molecule has 0 bridgehead atoms. The summed E-state index contributed by atoms with van der Waals surface area (Å²) in [6, 6.07) is 1.47. The minimum Gasteiger partial charge on any atom is -0.481 e. The van der Waals surface area contributed by atoms with Crippen molar-refractivity contribution in [2.24, 2.45) is 5.41 Å². The number of aromatic nitrogens is 1. The third-order valence-electron chi connectivity index (χ3n) is 3.42. The van der Waals surface area contributed by atoms with E-state index >= 15 is 0 Å². The molecule has 0 aliphatic heterocycles. The molecular weight excluding hydrogens is 250 g/mol. The molecule has 0 saturated heterocycles. The van der Waals surface area contributed by atoms with Crippen LogP contribution in [0.15, 0.2) is 18.5 Å². The molecule has 0 aliphatic rings. The van der Waals surface area contributed by atoms with Gasteiger partial charge in [-0.3, -0.25) is 19.9 Å². The average molecular weight is 267 g/mol. The second-order valence-corrected chi connectivity index (χ2v) is 4.30. The van der Waals surface area contributed by atoms with E-state index in [1.54, 1.807) is 13.8 Å². The molecule has 0 radical (unpaired) electrons. The highest BCUT2D eigenvalue weighted by Gasteiger charge is 2.35. The molecule has 0 spiro atoms. The fourth-order valence-electron chi connectivity index (χ4n) is 1.82. The SMILES string of the molecule is CCC(CC)(CNc1ccncc1[N+](=O)[O-])C(=O)O. The third-order valence-corrected chi connectivity index (χ3v) is 3.42. The van der Waals surface area contributed by atoms with Crippen LogP contribution in [0.5, 0.6) is 0 Å². The average Bonchev–Trinajstić information content (AvgIpc) is 2.40. The number of hydrogen-bond donors (Lipinski definition) is 2.